The minimum Gasteiger partial charge on any atom is -0.337 e. The predicted molar refractivity (Wildman–Crippen MR) is 90.9 cm³/mol. The Morgan fingerprint density at radius 1 is 1.38 bits per heavy atom. The lowest BCUT2D eigenvalue weighted by Crippen LogP contribution is -2.41. The number of carbonyl (C=O) groups is 1. The fourth-order valence-electron chi connectivity index (χ4n) is 3.22. The Hall–Kier alpha value is -2.50. The number of amides is 1. The number of aryl methyl sites for hydroxylation is 2. The zero-order chi connectivity index (χ0) is 17.1. The van der Waals surface area contributed by atoms with Crippen LogP contribution in [0.15, 0.2) is 29.2 Å². The van der Waals surface area contributed by atoms with Crippen molar-refractivity contribution in [3.63, 3.8) is 0 Å². The number of hydrogen-bond acceptors (Lipinski definition) is 4. The molecule has 1 amide bonds. The number of H-pyrrole nitrogens is 1. The number of nitrogens with one attached hydrogen (secondary N) is 1. The lowest BCUT2D eigenvalue weighted by molar-refractivity contribution is 0.0666. The number of carbonyl (C=O) groups excluding carboxylic acids is 1. The molecule has 0 aromatic carbocycles. The zero-order valence-electron chi connectivity index (χ0n) is 14.1. The maximum absolute atomic E-state index is 12.6. The van der Waals surface area contributed by atoms with Crippen molar-refractivity contribution in [2.75, 3.05) is 13.1 Å². The van der Waals surface area contributed by atoms with Gasteiger partial charge in [0.25, 0.3) is 5.91 Å². The largest absolute Gasteiger partial charge is 0.345 e. The smallest absolute Gasteiger partial charge is 0.337 e. The fourth-order valence-corrected chi connectivity index (χ4v) is 3.22. The molecule has 1 aliphatic heterocycles. The molecule has 24 heavy (non-hydrogen) atoms. The Kier molecular flexibility index (Phi) is 4.74. The first-order valence-corrected chi connectivity index (χ1v) is 8.30. The van der Waals surface area contributed by atoms with Gasteiger partial charge < -0.3 is 9.88 Å². The van der Waals surface area contributed by atoms with Crippen molar-refractivity contribution in [3.05, 3.63) is 57.5 Å². The summed E-state index contributed by atoms with van der Waals surface area (Å²) >= 11 is 0. The molecule has 1 fully saturated rings. The van der Waals surface area contributed by atoms with Crippen LogP contribution in [0, 0.1) is 19.8 Å². The number of piperidine rings is 1. The number of likely N-dealkylation sites (tertiary alicyclic amines) is 1. The van der Waals surface area contributed by atoms with Gasteiger partial charge in [0.05, 0.1) is 0 Å². The summed E-state index contributed by atoms with van der Waals surface area (Å²) in [4.78, 5) is 36.7. The molecule has 2 aromatic rings. The summed E-state index contributed by atoms with van der Waals surface area (Å²) in [5, 5.41) is 0. The van der Waals surface area contributed by atoms with E-state index in [4.69, 9.17) is 0 Å². The standard InChI is InChI=1S/C18H22N4O2/c1-12-5-6-14(10-19-12)9-15-4-3-7-22(11-15)17(23)16-8-13(2)20-18(24)21-16/h5-6,8,10,15H,3-4,7,9,11H2,1-2H3,(H,20,21,24)/t15-/m0/s1. The van der Waals surface area contributed by atoms with Crippen molar-refractivity contribution in [2.45, 2.75) is 33.1 Å². The van der Waals surface area contributed by atoms with E-state index in [9.17, 15) is 9.59 Å². The number of hydrogen-bond donors (Lipinski definition) is 1. The molecule has 3 heterocycles. The summed E-state index contributed by atoms with van der Waals surface area (Å²) < 4.78 is 0. The Bertz CT molecular complexity index is 782. The summed E-state index contributed by atoms with van der Waals surface area (Å²) in [6.07, 6.45) is 4.90. The first-order valence-electron chi connectivity index (χ1n) is 8.30. The quantitative estimate of drug-likeness (QED) is 0.934. The molecular formula is C18H22N4O2. The van der Waals surface area contributed by atoms with E-state index in [2.05, 4.69) is 21.0 Å². The maximum atomic E-state index is 12.6. The summed E-state index contributed by atoms with van der Waals surface area (Å²) in [7, 11) is 0. The van der Waals surface area contributed by atoms with Gasteiger partial charge in [0.2, 0.25) is 0 Å². The monoisotopic (exact) mass is 326 g/mol. The van der Waals surface area contributed by atoms with Gasteiger partial charge in [-0.05, 0) is 56.7 Å². The molecule has 0 saturated carbocycles. The molecule has 0 spiro atoms. The van der Waals surface area contributed by atoms with Crippen molar-refractivity contribution in [1.82, 2.24) is 19.9 Å². The highest BCUT2D eigenvalue weighted by Crippen LogP contribution is 2.21. The molecule has 6 nitrogen and oxygen atoms in total. The van der Waals surface area contributed by atoms with E-state index in [1.165, 1.54) is 5.56 Å². The van der Waals surface area contributed by atoms with Gasteiger partial charge in [-0.25, -0.2) is 4.79 Å². The van der Waals surface area contributed by atoms with E-state index in [0.717, 1.165) is 31.5 Å². The molecule has 1 aliphatic rings. The van der Waals surface area contributed by atoms with E-state index >= 15 is 0 Å². The fraction of sp³-hybridized carbons (Fsp3) is 0.444. The summed E-state index contributed by atoms with van der Waals surface area (Å²) in [5.74, 6) is 0.256. The molecule has 3 rings (SSSR count). The molecule has 1 N–H and O–H groups in total. The average Bonchev–Trinajstić information content (AvgIpc) is 2.56. The number of aromatic amines is 1. The van der Waals surface area contributed by atoms with E-state index in [1.54, 1.807) is 13.0 Å². The van der Waals surface area contributed by atoms with Gasteiger partial charge >= 0.3 is 5.69 Å². The van der Waals surface area contributed by atoms with Crippen LogP contribution in [0.2, 0.25) is 0 Å². The SMILES string of the molecule is Cc1ccc(C[C@@H]2CCCN(C(=O)c3cc(C)[nH]c(=O)n3)C2)cn1. The number of nitrogens with zero attached hydrogens (tertiary/aromatic N) is 3. The van der Waals surface area contributed by atoms with E-state index in [0.29, 0.717) is 18.2 Å². The Morgan fingerprint density at radius 2 is 2.21 bits per heavy atom. The highest BCUT2D eigenvalue weighted by Gasteiger charge is 2.25. The minimum absolute atomic E-state index is 0.157. The summed E-state index contributed by atoms with van der Waals surface area (Å²) in [6.45, 7) is 5.14. The number of rotatable bonds is 3. The minimum atomic E-state index is -0.474. The van der Waals surface area contributed by atoms with Gasteiger partial charge in [0.1, 0.15) is 5.69 Å². The van der Waals surface area contributed by atoms with Crippen LogP contribution in [-0.4, -0.2) is 38.8 Å². The molecule has 0 aliphatic carbocycles. The van der Waals surface area contributed by atoms with Crippen molar-refractivity contribution >= 4 is 5.91 Å². The van der Waals surface area contributed by atoms with Crippen LogP contribution in [0.1, 0.15) is 40.3 Å². The van der Waals surface area contributed by atoms with Gasteiger partial charge in [0.15, 0.2) is 0 Å². The molecular weight excluding hydrogens is 304 g/mol. The Balaban J connectivity index is 1.69. The molecule has 2 aromatic heterocycles. The zero-order valence-corrected chi connectivity index (χ0v) is 14.1. The van der Waals surface area contributed by atoms with E-state index < -0.39 is 5.69 Å². The van der Waals surface area contributed by atoms with Gasteiger partial charge in [-0.1, -0.05) is 6.07 Å². The Morgan fingerprint density at radius 3 is 2.92 bits per heavy atom. The van der Waals surface area contributed by atoms with Crippen LogP contribution in [0.25, 0.3) is 0 Å². The van der Waals surface area contributed by atoms with E-state index in [-0.39, 0.29) is 11.6 Å². The second-order valence-electron chi connectivity index (χ2n) is 6.53. The predicted octanol–water partition coefficient (Wildman–Crippen LogP) is 1.88. The van der Waals surface area contributed by atoms with Gasteiger partial charge in [-0.15, -0.1) is 0 Å². The molecule has 0 unspecified atom stereocenters. The first-order chi connectivity index (χ1) is 11.5. The van der Waals surface area contributed by atoms with Crippen LogP contribution in [0.5, 0.6) is 0 Å². The van der Waals surface area contributed by atoms with Gasteiger partial charge in [-0.3, -0.25) is 9.78 Å². The normalized spacial score (nSPS) is 17.8. The maximum Gasteiger partial charge on any atom is 0.345 e. The lowest BCUT2D eigenvalue weighted by Gasteiger charge is -2.32. The summed E-state index contributed by atoms with van der Waals surface area (Å²) in [6, 6.07) is 5.76. The van der Waals surface area contributed by atoms with Crippen LogP contribution in [0.3, 0.4) is 0 Å². The van der Waals surface area contributed by atoms with Crippen LogP contribution in [0.4, 0.5) is 0 Å². The molecule has 1 atom stereocenters. The van der Waals surface area contributed by atoms with Crippen molar-refractivity contribution in [2.24, 2.45) is 5.92 Å². The molecule has 6 heteroatoms. The first kappa shape index (κ1) is 16.4. The van der Waals surface area contributed by atoms with Gasteiger partial charge in [0, 0.05) is 30.7 Å². The van der Waals surface area contributed by atoms with Crippen LogP contribution < -0.4 is 5.69 Å². The molecule has 126 valence electrons. The highest BCUT2D eigenvalue weighted by molar-refractivity contribution is 5.92. The summed E-state index contributed by atoms with van der Waals surface area (Å²) in [5.41, 5.74) is 2.61. The topological polar surface area (TPSA) is 79.0 Å². The third kappa shape index (κ3) is 3.88. The third-order valence-corrected chi connectivity index (χ3v) is 4.40. The molecule has 1 saturated heterocycles. The molecule has 0 bridgehead atoms. The number of pyridine rings is 1. The third-order valence-electron chi connectivity index (χ3n) is 4.40. The Labute approximate surface area is 141 Å². The average molecular weight is 326 g/mol. The second kappa shape index (κ2) is 6.95. The second-order valence-corrected chi connectivity index (χ2v) is 6.53. The van der Waals surface area contributed by atoms with Crippen LogP contribution >= 0.6 is 0 Å². The van der Waals surface area contributed by atoms with Crippen molar-refractivity contribution in [3.8, 4) is 0 Å². The molecule has 0 radical (unpaired) electrons. The van der Waals surface area contributed by atoms with Crippen molar-refractivity contribution in [1.29, 1.82) is 0 Å². The van der Waals surface area contributed by atoms with Crippen molar-refractivity contribution < 1.29 is 4.79 Å². The highest BCUT2D eigenvalue weighted by atomic mass is 16.2. The van der Waals surface area contributed by atoms with Crippen LogP contribution in [-0.2, 0) is 6.42 Å². The number of aromatic nitrogens is 3. The van der Waals surface area contributed by atoms with Gasteiger partial charge in [-0.2, -0.15) is 4.98 Å². The van der Waals surface area contributed by atoms with E-state index in [1.807, 2.05) is 24.1 Å². The lowest BCUT2D eigenvalue weighted by atomic mass is 9.91.